The van der Waals surface area contributed by atoms with Crippen LogP contribution in [0.15, 0.2) is 91.0 Å². The van der Waals surface area contributed by atoms with E-state index in [0.29, 0.717) is 6.42 Å². The molecule has 0 aliphatic carbocycles. The summed E-state index contributed by atoms with van der Waals surface area (Å²) in [7, 11) is -2.95. The Balaban J connectivity index is 2.26. The number of carbonyl (C=O) groups is 1. The van der Waals surface area contributed by atoms with Crippen LogP contribution in [0.2, 0.25) is 0 Å². The topological polar surface area (TPSA) is 72.5 Å². The number of benzene rings is 3. The highest BCUT2D eigenvalue weighted by Crippen LogP contribution is 2.19. The van der Waals surface area contributed by atoms with Gasteiger partial charge >= 0.3 is 5.97 Å². The third kappa shape index (κ3) is 4.32. The number of nitrogens with two attached hydrogens (primary N) is 1. The Morgan fingerprint density at radius 2 is 1.24 bits per heavy atom. The molecule has 0 unspecified atom stereocenters. The van der Waals surface area contributed by atoms with Gasteiger partial charge in [-0.3, -0.25) is 4.79 Å². The molecule has 0 aliphatic heterocycles. The molecule has 3 aromatic rings. The molecule has 3 rings (SSSR count). The molecule has 4 nitrogen and oxygen atoms in total. The van der Waals surface area contributed by atoms with E-state index in [0.717, 1.165) is 15.6 Å². The minimum Gasteiger partial charge on any atom is -0.481 e. The van der Waals surface area contributed by atoms with Crippen molar-refractivity contribution in [3.05, 3.63) is 91.0 Å². The molecule has 0 aromatic heterocycles. The van der Waals surface area contributed by atoms with Crippen LogP contribution in [-0.2, 0) is 9.22 Å². The van der Waals surface area contributed by atoms with E-state index in [-0.39, 0.29) is 6.54 Å². The zero-order valence-electron chi connectivity index (χ0n) is 16.6. The normalized spacial score (nSPS) is 13.6. The molecule has 0 fully saturated rings. The summed E-state index contributed by atoms with van der Waals surface area (Å²) in [4.78, 5) is 11.9. The molecule has 0 aliphatic rings. The monoisotopic (exact) mass is 405 g/mol. The van der Waals surface area contributed by atoms with Crippen LogP contribution in [0.3, 0.4) is 0 Å². The summed E-state index contributed by atoms with van der Waals surface area (Å²) in [6, 6.07) is 30.5. The third-order valence-electron chi connectivity index (χ3n) is 5.29. The van der Waals surface area contributed by atoms with Gasteiger partial charge in [0, 0.05) is 6.54 Å². The van der Waals surface area contributed by atoms with Crippen LogP contribution >= 0.6 is 0 Å². The van der Waals surface area contributed by atoms with Gasteiger partial charge < -0.3 is 15.3 Å². The average molecular weight is 406 g/mol. The molecule has 0 heterocycles. The molecule has 0 radical (unpaired) electrons. The Labute approximate surface area is 173 Å². The fraction of sp³-hybridized carbons (Fsp3) is 0.208. The summed E-state index contributed by atoms with van der Waals surface area (Å²) in [5, 5.41) is 13.0. The lowest BCUT2D eigenvalue weighted by Gasteiger charge is -2.38. The SMILES string of the molecule is CC[C@@H](O[Si](c1ccccc1)(c1ccccc1)c1ccccc1)[C@H](CN)C(=O)O. The highest BCUT2D eigenvalue weighted by Gasteiger charge is 2.45. The van der Waals surface area contributed by atoms with Crippen molar-refractivity contribution in [3.63, 3.8) is 0 Å². The van der Waals surface area contributed by atoms with Gasteiger partial charge in [0.2, 0.25) is 0 Å². The zero-order chi connectivity index (χ0) is 20.7. The number of carboxylic acids is 1. The van der Waals surface area contributed by atoms with E-state index in [9.17, 15) is 9.90 Å². The van der Waals surface area contributed by atoms with Crippen molar-refractivity contribution >= 4 is 29.8 Å². The lowest BCUT2D eigenvalue weighted by Crippen LogP contribution is -2.71. The summed E-state index contributed by atoms with van der Waals surface area (Å²) in [5.74, 6) is -1.68. The van der Waals surface area contributed by atoms with Crippen molar-refractivity contribution in [1.82, 2.24) is 0 Å². The van der Waals surface area contributed by atoms with Crippen LogP contribution in [0, 0.1) is 5.92 Å². The molecule has 2 atom stereocenters. The Kier molecular flexibility index (Phi) is 6.98. The number of hydrogen-bond donors (Lipinski definition) is 2. The number of carboxylic acid groups (broad SMARTS) is 1. The van der Waals surface area contributed by atoms with Crippen molar-refractivity contribution in [2.45, 2.75) is 19.4 Å². The highest BCUT2D eigenvalue weighted by molar-refractivity contribution is 7.07. The van der Waals surface area contributed by atoms with Crippen LogP contribution in [0.4, 0.5) is 0 Å². The van der Waals surface area contributed by atoms with Crippen molar-refractivity contribution in [1.29, 1.82) is 0 Å². The minimum atomic E-state index is -2.95. The van der Waals surface area contributed by atoms with E-state index >= 15 is 0 Å². The quantitative estimate of drug-likeness (QED) is 0.422. The molecule has 150 valence electrons. The molecule has 0 bridgehead atoms. The summed E-state index contributed by atoms with van der Waals surface area (Å²) in [6.07, 6.45) is 0.0693. The number of aliphatic carboxylic acids is 1. The zero-order valence-corrected chi connectivity index (χ0v) is 17.6. The van der Waals surface area contributed by atoms with Gasteiger partial charge in [-0.15, -0.1) is 0 Å². The summed E-state index contributed by atoms with van der Waals surface area (Å²) >= 11 is 0. The minimum absolute atomic E-state index is 0.0384. The maximum Gasteiger partial charge on any atom is 0.310 e. The smallest absolute Gasteiger partial charge is 0.310 e. The second kappa shape index (κ2) is 9.65. The van der Waals surface area contributed by atoms with Gasteiger partial charge in [-0.2, -0.15) is 0 Å². The van der Waals surface area contributed by atoms with Gasteiger partial charge in [0.15, 0.2) is 0 Å². The second-order valence-corrected chi connectivity index (χ2v) is 10.4. The molecule has 3 aromatic carbocycles. The predicted molar refractivity (Wildman–Crippen MR) is 119 cm³/mol. The first kappa shape index (κ1) is 21.0. The van der Waals surface area contributed by atoms with Crippen molar-refractivity contribution < 1.29 is 14.3 Å². The van der Waals surface area contributed by atoms with Gasteiger partial charge in [0.05, 0.1) is 12.0 Å². The lowest BCUT2D eigenvalue weighted by atomic mass is 10.0. The molecular formula is C24H27NO3Si. The maximum absolute atomic E-state index is 11.9. The Bertz CT molecular complexity index is 807. The number of rotatable bonds is 9. The van der Waals surface area contributed by atoms with E-state index in [1.165, 1.54) is 0 Å². The molecule has 29 heavy (non-hydrogen) atoms. The largest absolute Gasteiger partial charge is 0.481 e. The van der Waals surface area contributed by atoms with Crippen molar-refractivity contribution in [2.75, 3.05) is 6.54 Å². The first-order valence-electron chi connectivity index (χ1n) is 9.90. The number of hydrogen-bond acceptors (Lipinski definition) is 3. The Hall–Kier alpha value is -2.73. The van der Waals surface area contributed by atoms with Gasteiger partial charge in [-0.25, -0.2) is 0 Å². The van der Waals surface area contributed by atoms with Gasteiger partial charge in [-0.05, 0) is 22.0 Å². The van der Waals surface area contributed by atoms with Gasteiger partial charge in [0.25, 0.3) is 8.32 Å². The molecular weight excluding hydrogens is 378 g/mol. The average Bonchev–Trinajstić information content (AvgIpc) is 2.78. The molecule has 3 N–H and O–H groups in total. The molecule has 0 saturated heterocycles. The van der Waals surface area contributed by atoms with Crippen molar-refractivity contribution in [3.8, 4) is 0 Å². The van der Waals surface area contributed by atoms with E-state index < -0.39 is 26.3 Å². The van der Waals surface area contributed by atoms with E-state index in [4.69, 9.17) is 10.2 Å². The van der Waals surface area contributed by atoms with E-state index in [1.54, 1.807) is 0 Å². The summed E-state index contributed by atoms with van der Waals surface area (Å²) in [6.45, 7) is 1.99. The second-order valence-electron chi connectivity index (χ2n) is 7.02. The summed E-state index contributed by atoms with van der Waals surface area (Å²) in [5.41, 5.74) is 5.84. The first-order valence-corrected chi connectivity index (χ1v) is 11.8. The fourth-order valence-corrected chi connectivity index (χ4v) is 7.99. The highest BCUT2D eigenvalue weighted by atomic mass is 28.4. The van der Waals surface area contributed by atoms with Gasteiger partial charge in [0.1, 0.15) is 0 Å². The van der Waals surface area contributed by atoms with Crippen LogP contribution in [0.1, 0.15) is 13.3 Å². The van der Waals surface area contributed by atoms with Crippen LogP contribution < -0.4 is 21.3 Å². The summed E-state index contributed by atoms with van der Waals surface area (Å²) < 4.78 is 6.94. The van der Waals surface area contributed by atoms with Gasteiger partial charge in [-0.1, -0.05) is 97.9 Å². The van der Waals surface area contributed by atoms with Crippen LogP contribution in [-0.4, -0.2) is 32.0 Å². The third-order valence-corrected chi connectivity index (χ3v) is 9.39. The Morgan fingerprint density at radius 3 is 1.52 bits per heavy atom. The standard InChI is InChI=1S/C24H27NO3Si/c1-2-23(22(18-25)24(26)27)28-29(19-12-6-3-7-13-19,20-14-8-4-9-15-20)21-16-10-5-11-17-21/h3-17,22-23H,2,18,25H2,1H3,(H,26,27)/t22-,23+/m0/s1. The molecule has 0 spiro atoms. The maximum atomic E-state index is 11.9. The van der Waals surface area contributed by atoms with Crippen LogP contribution in [0.5, 0.6) is 0 Å². The predicted octanol–water partition coefficient (Wildman–Crippen LogP) is 2.11. The lowest BCUT2D eigenvalue weighted by molar-refractivity contribution is -0.144. The fourth-order valence-electron chi connectivity index (χ4n) is 3.81. The molecule has 0 saturated carbocycles. The Morgan fingerprint density at radius 1 is 0.862 bits per heavy atom. The van der Waals surface area contributed by atoms with E-state index in [2.05, 4.69) is 36.4 Å². The van der Waals surface area contributed by atoms with Crippen molar-refractivity contribution in [2.24, 2.45) is 11.7 Å². The van der Waals surface area contributed by atoms with E-state index in [1.807, 2.05) is 61.5 Å². The van der Waals surface area contributed by atoms with Crippen LogP contribution in [0.25, 0.3) is 0 Å². The molecule has 0 amide bonds. The molecule has 5 heteroatoms. The first-order chi connectivity index (χ1) is 14.1.